The number of benzene rings is 1. The lowest BCUT2D eigenvalue weighted by atomic mass is 10.0. The van der Waals surface area contributed by atoms with Gasteiger partial charge in [0.2, 0.25) is 0 Å². The van der Waals surface area contributed by atoms with Crippen molar-refractivity contribution in [3.05, 3.63) is 27.3 Å². The minimum atomic E-state index is -1.13. The van der Waals surface area contributed by atoms with Gasteiger partial charge in [0.25, 0.3) is 0 Å². The fourth-order valence-corrected chi connectivity index (χ4v) is 2.26. The standard InChI is InChI=1S/C9H7ClINO2.ClH/c10-9(12)4-7(13)14-8-5(9)2-1-3-6(8)11;/h1-3H,4,12H2;1H. The normalized spacial score (nSPS) is 23.8. The van der Waals surface area contributed by atoms with Crippen molar-refractivity contribution in [1.82, 2.24) is 0 Å². The van der Waals surface area contributed by atoms with Crippen molar-refractivity contribution in [2.45, 2.75) is 11.4 Å². The molecule has 1 heterocycles. The molecule has 6 heteroatoms. The van der Waals surface area contributed by atoms with Crippen molar-refractivity contribution in [2.75, 3.05) is 0 Å². The van der Waals surface area contributed by atoms with E-state index in [1.807, 2.05) is 12.1 Å². The molecule has 2 rings (SSSR count). The van der Waals surface area contributed by atoms with Gasteiger partial charge in [-0.05, 0) is 28.7 Å². The largest absolute Gasteiger partial charge is 0.425 e. The predicted molar refractivity (Wildman–Crippen MR) is 68.4 cm³/mol. The Kier molecular flexibility index (Phi) is 3.86. The van der Waals surface area contributed by atoms with Crippen molar-refractivity contribution in [3.63, 3.8) is 0 Å². The summed E-state index contributed by atoms with van der Waals surface area (Å²) < 4.78 is 5.92. The summed E-state index contributed by atoms with van der Waals surface area (Å²) in [5.74, 6) is 0.0981. The highest BCUT2D eigenvalue weighted by Gasteiger charge is 2.37. The van der Waals surface area contributed by atoms with Crippen LogP contribution < -0.4 is 10.5 Å². The number of para-hydroxylation sites is 1. The molecular weight excluding hydrogens is 352 g/mol. The fraction of sp³-hybridized carbons (Fsp3) is 0.222. The van der Waals surface area contributed by atoms with Gasteiger partial charge >= 0.3 is 5.97 Å². The first-order valence-corrected chi connectivity index (χ1v) is 5.44. The van der Waals surface area contributed by atoms with Gasteiger partial charge in [-0.15, -0.1) is 12.4 Å². The molecule has 1 unspecified atom stereocenters. The summed E-state index contributed by atoms with van der Waals surface area (Å²) in [6, 6.07) is 5.45. The molecule has 1 aromatic carbocycles. The molecular formula is C9H8Cl2INO2. The van der Waals surface area contributed by atoms with Gasteiger partial charge < -0.3 is 10.5 Å². The van der Waals surface area contributed by atoms with Gasteiger partial charge in [-0.2, -0.15) is 0 Å². The third kappa shape index (κ3) is 2.38. The van der Waals surface area contributed by atoms with Gasteiger partial charge in [-0.1, -0.05) is 23.7 Å². The lowest BCUT2D eigenvalue weighted by molar-refractivity contribution is -0.136. The van der Waals surface area contributed by atoms with Gasteiger partial charge in [0.1, 0.15) is 10.7 Å². The predicted octanol–water partition coefficient (Wildman–Crippen LogP) is 2.37. The lowest BCUT2D eigenvalue weighted by Crippen LogP contribution is -2.38. The molecule has 15 heavy (non-hydrogen) atoms. The molecule has 0 aliphatic carbocycles. The van der Waals surface area contributed by atoms with Crippen LogP contribution in [-0.2, 0) is 9.79 Å². The molecule has 0 radical (unpaired) electrons. The molecule has 2 N–H and O–H groups in total. The number of hydrogen-bond acceptors (Lipinski definition) is 3. The molecule has 0 amide bonds. The van der Waals surface area contributed by atoms with Crippen LogP contribution in [0.15, 0.2) is 18.2 Å². The molecule has 1 aliphatic rings. The maximum absolute atomic E-state index is 11.2. The van der Waals surface area contributed by atoms with Crippen molar-refractivity contribution >= 4 is 52.6 Å². The Labute approximate surface area is 112 Å². The molecule has 0 saturated heterocycles. The summed E-state index contributed by atoms with van der Waals surface area (Å²) in [6.07, 6.45) is 0.00164. The number of fused-ring (bicyclic) bond motifs is 1. The van der Waals surface area contributed by atoms with Crippen molar-refractivity contribution < 1.29 is 9.53 Å². The van der Waals surface area contributed by atoms with Crippen molar-refractivity contribution in [2.24, 2.45) is 5.73 Å². The Balaban J connectivity index is 0.00000112. The van der Waals surface area contributed by atoms with E-state index in [4.69, 9.17) is 22.1 Å². The molecule has 3 nitrogen and oxygen atoms in total. The molecule has 1 aliphatic heterocycles. The van der Waals surface area contributed by atoms with Gasteiger partial charge in [0, 0.05) is 5.56 Å². The maximum Gasteiger partial charge on any atom is 0.314 e. The van der Waals surface area contributed by atoms with Crippen LogP contribution in [0.1, 0.15) is 12.0 Å². The Morgan fingerprint density at radius 1 is 1.53 bits per heavy atom. The Bertz CT molecular complexity index is 409. The number of halogens is 3. The highest BCUT2D eigenvalue weighted by atomic mass is 127. The van der Waals surface area contributed by atoms with E-state index >= 15 is 0 Å². The molecule has 1 aromatic rings. The first kappa shape index (κ1) is 13.0. The smallest absolute Gasteiger partial charge is 0.314 e. The number of nitrogens with two attached hydrogens (primary N) is 1. The minimum Gasteiger partial charge on any atom is -0.425 e. The second kappa shape index (κ2) is 4.45. The molecule has 0 fully saturated rings. The number of hydrogen-bond donors (Lipinski definition) is 1. The zero-order valence-electron chi connectivity index (χ0n) is 7.50. The minimum absolute atomic E-state index is 0. The van der Waals surface area contributed by atoms with Crippen molar-refractivity contribution in [1.29, 1.82) is 0 Å². The van der Waals surface area contributed by atoms with Crippen LogP contribution in [0.25, 0.3) is 0 Å². The molecule has 1 atom stereocenters. The maximum atomic E-state index is 11.2. The van der Waals surface area contributed by atoms with Gasteiger partial charge in [0.15, 0.2) is 0 Å². The first-order valence-electron chi connectivity index (χ1n) is 3.98. The summed E-state index contributed by atoms with van der Waals surface area (Å²) in [7, 11) is 0. The summed E-state index contributed by atoms with van der Waals surface area (Å²) in [4.78, 5) is 10.1. The van der Waals surface area contributed by atoms with Crippen LogP contribution in [0.2, 0.25) is 0 Å². The Morgan fingerprint density at radius 2 is 2.20 bits per heavy atom. The highest BCUT2D eigenvalue weighted by Crippen LogP contribution is 2.40. The third-order valence-corrected chi connectivity index (χ3v) is 3.22. The zero-order valence-corrected chi connectivity index (χ0v) is 11.2. The van der Waals surface area contributed by atoms with E-state index < -0.39 is 5.00 Å². The third-order valence-electron chi connectivity index (χ3n) is 2.03. The average Bonchev–Trinajstić information content (AvgIpc) is 2.05. The number of alkyl halides is 1. The number of rotatable bonds is 0. The summed E-state index contributed by atoms with van der Waals surface area (Å²) in [5.41, 5.74) is 6.48. The Morgan fingerprint density at radius 3 is 2.87 bits per heavy atom. The lowest BCUT2D eigenvalue weighted by Gasteiger charge is -2.28. The molecule has 0 aromatic heterocycles. The van der Waals surface area contributed by atoms with E-state index in [2.05, 4.69) is 22.6 Å². The molecule has 0 spiro atoms. The van der Waals surface area contributed by atoms with E-state index in [9.17, 15) is 4.79 Å². The fourth-order valence-electron chi connectivity index (χ4n) is 1.40. The molecule has 0 saturated carbocycles. The number of carbonyl (C=O) groups is 1. The SMILES string of the molecule is Cl.NC1(Cl)CC(=O)Oc2c(I)cccc21. The molecule has 0 bridgehead atoms. The second-order valence-electron chi connectivity index (χ2n) is 3.13. The van der Waals surface area contributed by atoms with Crippen LogP contribution in [-0.4, -0.2) is 5.97 Å². The second-order valence-corrected chi connectivity index (χ2v) is 4.97. The van der Waals surface area contributed by atoms with E-state index in [-0.39, 0.29) is 24.8 Å². The molecule has 82 valence electrons. The zero-order chi connectivity index (χ0) is 10.3. The van der Waals surface area contributed by atoms with E-state index in [1.54, 1.807) is 6.07 Å². The van der Waals surface area contributed by atoms with Crippen molar-refractivity contribution in [3.8, 4) is 5.75 Å². The quantitative estimate of drug-likeness (QED) is 0.254. The topological polar surface area (TPSA) is 52.3 Å². The van der Waals surface area contributed by atoms with Crippen LogP contribution >= 0.6 is 46.6 Å². The van der Waals surface area contributed by atoms with Crippen LogP contribution in [0.5, 0.6) is 5.75 Å². The summed E-state index contributed by atoms with van der Waals surface area (Å²) >= 11 is 8.12. The first-order chi connectivity index (χ1) is 6.50. The number of carbonyl (C=O) groups excluding carboxylic acids is 1. The van der Waals surface area contributed by atoms with Gasteiger partial charge in [-0.3, -0.25) is 4.79 Å². The Hall–Kier alpha value is -0.0400. The van der Waals surface area contributed by atoms with Crippen LogP contribution in [0, 0.1) is 3.57 Å². The van der Waals surface area contributed by atoms with Crippen LogP contribution in [0.3, 0.4) is 0 Å². The van der Waals surface area contributed by atoms with E-state index in [0.717, 1.165) is 3.57 Å². The van der Waals surface area contributed by atoms with Crippen LogP contribution in [0.4, 0.5) is 0 Å². The summed E-state index contributed by atoms with van der Waals surface area (Å²) in [5, 5.41) is 0. The van der Waals surface area contributed by atoms with Gasteiger partial charge in [-0.25, -0.2) is 0 Å². The highest BCUT2D eigenvalue weighted by molar-refractivity contribution is 14.1. The summed E-state index contributed by atoms with van der Waals surface area (Å²) in [6.45, 7) is 0. The number of ether oxygens (including phenoxy) is 1. The van der Waals surface area contributed by atoms with E-state index in [1.165, 1.54) is 0 Å². The number of esters is 1. The van der Waals surface area contributed by atoms with E-state index in [0.29, 0.717) is 11.3 Å². The monoisotopic (exact) mass is 359 g/mol. The average molecular weight is 360 g/mol. The van der Waals surface area contributed by atoms with Gasteiger partial charge in [0.05, 0.1) is 9.99 Å².